The number of carbonyl (C=O) groups excluding carboxylic acids is 1. The minimum Gasteiger partial charge on any atom is -0.484 e. The highest BCUT2D eigenvalue weighted by Gasteiger charge is 2.26. The van der Waals surface area contributed by atoms with Crippen LogP contribution in [-0.2, 0) is 11.2 Å². The Hall–Kier alpha value is -3.41. The minimum absolute atomic E-state index is 0.0120. The molecule has 3 aromatic rings. The normalized spacial score (nSPS) is 16.7. The van der Waals surface area contributed by atoms with Gasteiger partial charge in [0.2, 0.25) is 0 Å². The number of aromatic nitrogens is 2. The standard InChI is InChI=1S/C24H26N4O2/c29-24(19-30-23-9-5-2-6-10-23)28-14-13-27(22-7-3-1-4-8-22)17-20(18-28)15-21-16-25-11-12-26-21/h1-12,16,20H,13-15,17-19H2/t20-/m0/s1. The Morgan fingerprint density at radius 2 is 1.73 bits per heavy atom. The number of carbonyl (C=O) groups is 1. The summed E-state index contributed by atoms with van der Waals surface area (Å²) in [5.41, 5.74) is 2.13. The molecular weight excluding hydrogens is 376 g/mol. The summed E-state index contributed by atoms with van der Waals surface area (Å²) in [6, 6.07) is 19.8. The van der Waals surface area contributed by atoms with Crippen molar-refractivity contribution in [1.82, 2.24) is 14.9 Å². The molecule has 6 heteroatoms. The van der Waals surface area contributed by atoms with Crippen LogP contribution in [0.25, 0.3) is 0 Å². The molecule has 1 aromatic heterocycles. The van der Waals surface area contributed by atoms with Crippen molar-refractivity contribution in [2.75, 3.05) is 37.7 Å². The highest BCUT2D eigenvalue weighted by atomic mass is 16.5. The Morgan fingerprint density at radius 1 is 0.967 bits per heavy atom. The maximum absolute atomic E-state index is 12.9. The van der Waals surface area contributed by atoms with Crippen molar-refractivity contribution >= 4 is 11.6 Å². The van der Waals surface area contributed by atoms with E-state index in [1.165, 1.54) is 5.69 Å². The first-order chi connectivity index (χ1) is 14.8. The van der Waals surface area contributed by atoms with Crippen LogP contribution in [0.4, 0.5) is 5.69 Å². The predicted molar refractivity (Wildman–Crippen MR) is 116 cm³/mol. The molecule has 30 heavy (non-hydrogen) atoms. The third-order valence-electron chi connectivity index (χ3n) is 5.29. The van der Waals surface area contributed by atoms with Crippen LogP contribution < -0.4 is 9.64 Å². The summed E-state index contributed by atoms with van der Waals surface area (Å²) in [5.74, 6) is 0.977. The lowest BCUT2D eigenvalue weighted by Gasteiger charge is -2.25. The van der Waals surface area contributed by atoms with E-state index in [4.69, 9.17) is 4.74 Å². The molecule has 6 nitrogen and oxygen atoms in total. The molecule has 0 saturated carbocycles. The third-order valence-corrected chi connectivity index (χ3v) is 5.29. The Balaban J connectivity index is 1.46. The van der Waals surface area contributed by atoms with Crippen LogP contribution in [-0.4, -0.2) is 53.6 Å². The molecule has 0 unspecified atom stereocenters. The number of para-hydroxylation sites is 2. The van der Waals surface area contributed by atoms with E-state index in [9.17, 15) is 4.79 Å². The van der Waals surface area contributed by atoms with Crippen molar-refractivity contribution in [3.8, 4) is 5.75 Å². The molecule has 2 heterocycles. The number of hydrogen-bond donors (Lipinski definition) is 0. The Kier molecular flexibility index (Phi) is 6.54. The number of amides is 1. The van der Waals surface area contributed by atoms with Gasteiger partial charge in [-0.1, -0.05) is 36.4 Å². The summed E-state index contributed by atoms with van der Waals surface area (Å²) in [6.45, 7) is 3.05. The van der Waals surface area contributed by atoms with Gasteiger partial charge in [0.05, 0.1) is 5.69 Å². The van der Waals surface area contributed by atoms with Crippen LogP contribution in [0.3, 0.4) is 0 Å². The molecule has 1 fully saturated rings. The zero-order chi connectivity index (χ0) is 20.6. The minimum atomic E-state index is 0.0120. The maximum atomic E-state index is 12.9. The predicted octanol–water partition coefficient (Wildman–Crippen LogP) is 3.06. The molecular formula is C24H26N4O2. The molecule has 0 radical (unpaired) electrons. The Bertz CT molecular complexity index is 922. The van der Waals surface area contributed by atoms with E-state index >= 15 is 0 Å². The van der Waals surface area contributed by atoms with Gasteiger partial charge in [-0.3, -0.25) is 14.8 Å². The van der Waals surface area contributed by atoms with Gasteiger partial charge >= 0.3 is 0 Å². The van der Waals surface area contributed by atoms with E-state index in [0.29, 0.717) is 18.8 Å². The Labute approximate surface area is 177 Å². The lowest BCUT2D eigenvalue weighted by molar-refractivity contribution is -0.133. The average molecular weight is 402 g/mol. The molecule has 4 rings (SSSR count). The monoisotopic (exact) mass is 402 g/mol. The summed E-state index contributed by atoms with van der Waals surface area (Å²) in [6.07, 6.45) is 5.99. The second-order valence-electron chi connectivity index (χ2n) is 7.49. The summed E-state index contributed by atoms with van der Waals surface area (Å²) in [5, 5.41) is 0. The molecule has 0 bridgehead atoms. The first-order valence-corrected chi connectivity index (χ1v) is 10.3. The van der Waals surface area contributed by atoms with E-state index in [-0.39, 0.29) is 18.4 Å². The van der Waals surface area contributed by atoms with Gasteiger partial charge in [0.15, 0.2) is 6.61 Å². The SMILES string of the molecule is O=C(COc1ccccc1)N1CCN(c2ccccc2)C[C@H](Cc2cnccn2)C1. The van der Waals surface area contributed by atoms with Crippen molar-refractivity contribution in [3.63, 3.8) is 0 Å². The van der Waals surface area contributed by atoms with Crippen molar-refractivity contribution in [2.45, 2.75) is 6.42 Å². The lowest BCUT2D eigenvalue weighted by atomic mass is 10.0. The van der Waals surface area contributed by atoms with Crippen LogP contribution in [0.1, 0.15) is 5.69 Å². The van der Waals surface area contributed by atoms with Crippen LogP contribution in [0.2, 0.25) is 0 Å². The summed E-state index contributed by atoms with van der Waals surface area (Å²) >= 11 is 0. The first-order valence-electron chi connectivity index (χ1n) is 10.3. The zero-order valence-electron chi connectivity index (χ0n) is 16.9. The maximum Gasteiger partial charge on any atom is 0.260 e. The number of nitrogens with zero attached hydrogens (tertiary/aromatic N) is 4. The van der Waals surface area contributed by atoms with Crippen molar-refractivity contribution in [3.05, 3.63) is 84.9 Å². The van der Waals surface area contributed by atoms with Crippen molar-refractivity contribution < 1.29 is 9.53 Å². The molecule has 1 atom stereocenters. The summed E-state index contributed by atoms with van der Waals surface area (Å²) in [7, 11) is 0. The Morgan fingerprint density at radius 3 is 2.47 bits per heavy atom. The third kappa shape index (κ3) is 5.35. The molecule has 1 amide bonds. The van der Waals surface area contributed by atoms with Crippen molar-refractivity contribution in [2.24, 2.45) is 5.92 Å². The average Bonchev–Trinajstić information content (AvgIpc) is 3.02. The number of ether oxygens (including phenoxy) is 1. The van der Waals surface area contributed by atoms with E-state index in [1.807, 2.05) is 47.5 Å². The van der Waals surface area contributed by atoms with E-state index in [2.05, 4.69) is 39.1 Å². The first kappa shape index (κ1) is 19.9. The summed E-state index contributed by atoms with van der Waals surface area (Å²) < 4.78 is 5.70. The van der Waals surface area contributed by atoms with E-state index in [1.54, 1.807) is 12.4 Å². The number of rotatable bonds is 6. The van der Waals surface area contributed by atoms with Gasteiger partial charge in [-0.25, -0.2) is 0 Å². The molecule has 1 aliphatic heterocycles. The highest BCUT2D eigenvalue weighted by molar-refractivity contribution is 5.78. The van der Waals surface area contributed by atoms with Gasteiger partial charge in [-0.05, 0) is 36.6 Å². The molecule has 1 aliphatic rings. The second-order valence-corrected chi connectivity index (χ2v) is 7.49. The number of hydrogen-bond acceptors (Lipinski definition) is 5. The molecule has 1 saturated heterocycles. The molecule has 0 spiro atoms. The van der Waals surface area contributed by atoms with Gasteiger partial charge in [-0.15, -0.1) is 0 Å². The van der Waals surface area contributed by atoms with Gasteiger partial charge in [0.25, 0.3) is 5.91 Å². The van der Waals surface area contributed by atoms with Crippen LogP contribution in [0.15, 0.2) is 79.3 Å². The zero-order valence-corrected chi connectivity index (χ0v) is 16.9. The highest BCUT2D eigenvalue weighted by Crippen LogP contribution is 2.21. The summed E-state index contributed by atoms with van der Waals surface area (Å²) in [4.78, 5) is 25.8. The smallest absolute Gasteiger partial charge is 0.260 e. The van der Waals surface area contributed by atoms with E-state index < -0.39 is 0 Å². The molecule has 0 N–H and O–H groups in total. The quantitative estimate of drug-likeness (QED) is 0.634. The molecule has 0 aliphatic carbocycles. The van der Waals surface area contributed by atoms with Crippen LogP contribution >= 0.6 is 0 Å². The number of anilines is 1. The lowest BCUT2D eigenvalue weighted by Crippen LogP contribution is -2.39. The fraction of sp³-hybridized carbons (Fsp3) is 0.292. The van der Waals surface area contributed by atoms with Gasteiger partial charge in [0, 0.05) is 50.5 Å². The second kappa shape index (κ2) is 9.87. The fourth-order valence-electron chi connectivity index (χ4n) is 3.82. The topological polar surface area (TPSA) is 58.6 Å². The molecule has 154 valence electrons. The van der Waals surface area contributed by atoms with Crippen LogP contribution in [0, 0.1) is 5.92 Å². The van der Waals surface area contributed by atoms with Gasteiger partial charge in [-0.2, -0.15) is 0 Å². The molecule has 2 aromatic carbocycles. The number of benzene rings is 2. The van der Waals surface area contributed by atoms with Crippen molar-refractivity contribution in [1.29, 1.82) is 0 Å². The van der Waals surface area contributed by atoms with Gasteiger partial charge < -0.3 is 14.5 Å². The fourth-order valence-corrected chi connectivity index (χ4v) is 3.82. The largest absolute Gasteiger partial charge is 0.484 e. The van der Waals surface area contributed by atoms with Crippen LogP contribution in [0.5, 0.6) is 5.75 Å². The van der Waals surface area contributed by atoms with Gasteiger partial charge in [0.1, 0.15) is 5.75 Å². The van der Waals surface area contributed by atoms with E-state index in [0.717, 1.165) is 25.2 Å².